The monoisotopic (exact) mass is 130 g/mol. The van der Waals surface area contributed by atoms with Crippen molar-refractivity contribution in [2.75, 3.05) is 12.0 Å². The number of nitrogens with two attached hydrogens (primary N) is 1. The van der Waals surface area contributed by atoms with Crippen LogP contribution < -0.4 is 11.1 Å². The summed E-state index contributed by atoms with van der Waals surface area (Å²) in [6, 6.07) is 0. The standard InChI is InChI=1S/C3H6N4S/c4-1-5-3-7-6-2-8-3/h2H,1,4H2,(H,5,7). The minimum Gasteiger partial charge on any atom is -0.348 e. The van der Waals surface area contributed by atoms with Gasteiger partial charge in [-0.05, 0) is 0 Å². The van der Waals surface area contributed by atoms with Crippen molar-refractivity contribution in [2.45, 2.75) is 0 Å². The van der Waals surface area contributed by atoms with Gasteiger partial charge in [-0.1, -0.05) is 11.3 Å². The van der Waals surface area contributed by atoms with Gasteiger partial charge in [0.2, 0.25) is 5.13 Å². The normalized spacial score (nSPS) is 9.12. The molecule has 5 heteroatoms. The number of nitrogens with zero attached hydrogens (tertiary/aromatic N) is 2. The van der Waals surface area contributed by atoms with Crippen molar-refractivity contribution in [1.82, 2.24) is 10.2 Å². The first-order valence-electron chi connectivity index (χ1n) is 2.13. The summed E-state index contributed by atoms with van der Waals surface area (Å²) in [5, 5.41) is 10.9. The van der Waals surface area contributed by atoms with Crippen LogP contribution >= 0.6 is 11.3 Å². The predicted molar refractivity (Wildman–Crippen MR) is 32.6 cm³/mol. The maximum atomic E-state index is 5.15. The molecule has 0 aliphatic rings. The van der Waals surface area contributed by atoms with Crippen molar-refractivity contribution in [3.8, 4) is 0 Å². The topological polar surface area (TPSA) is 63.8 Å². The first kappa shape index (κ1) is 5.46. The predicted octanol–water partition coefficient (Wildman–Crippen LogP) is -0.134. The fourth-order valence-electron chi connectivity index (χ4n) is 0.337. The Balaban J connectivity index is 2.50. The van der Waals surface area contributed by atoms with Crippen LogP contribution in [0.25, 0.3) is 0 Å². The van der Waals surface area contributed by atoms with Gasteiger partial charge in [0.1, 0.15) is 5.51 Å². The molecule has 3 N–H and O–H groups in total. The van der Waals surface area contributed by atoms with Crippen LogP contribution in [0.3, 0.4) is 0 Å². The van der Waals surface area contributed by atoms with E-state index in [9.17, 15) is 0 Å². The van der Waals surface area contributed by atoms with Crippen molar-refractivity contribution in [1.29, 1.82) is 0 Å². The lowest BCUT2D eigenvalue weighted by Crippen LogP contribution is -2.10. The first-order valence-corrected chi connectivity index (χ1v) is 3.01. The smallest absolute Gasteiger partial charge is 0.206 e. The van der Waals surface area contributed by atoms with Gasteiger partial charge in [0, 0.05) is 0 Å². The van der Waals surface area contributed by atoms with Gasteiger partial charge < -0.3 is 11.1 Å². The zero-order valence-corrected chi connectivity index (χ0v) is 4.98. The van der Waals surface area contributed by atoms with Crippen LogP contribution in [0.4, 0.5) is 5.13 Å². The molecule has 4 nitrogen and oxygen atoms in total. The van der Waals surface area contributed by atoms with Gasteiger partial charge in [-0.3, -0.25) is 0 Å². The van der Waals surface area contributed by atoms with E-state index in [1.807, 2.05) is 0 Å². The maximum absolute atomic E-state index is 5.15. The molecule has 0 radical (unpaired) electrons. The van der Waals surface area contributed by atoms with E-state index in [0.717, 1.165) is 5.13 Å². The molecule has 0 atom stereocenters. The molecular weight excluding hydrogens is 124 g/mol. The Morgan fingerprint density at radius 3 is 3.25 bits per heavy atom. The first-order chi connectivity index (χ1) is 3.93. The highest BCUT2D eigenvalue weighted by Crippen LogP contribution is 2.05. The Morgan fingerprint density at radius 1 is 1.88 bits per heavy atom. The van der Waals surface area contributed by atoms with Crippen molar-refractivity contribution >= 4 is 16.5 Å². The van der Waals surface area contributed by atoms with Gasteiger partial charge in [-0.2, -0.15) is 0 Å². The molecule has 0 saturated carbocycles. The third-order valence-electron chi connectivity index (χ3n) is 0.613. The van der Waals surface area contributed by atoms with Crippen LogP contribution in [0.15, 0.2) is 5.51 Å². The third kappa shape index (κ3) is 1.14. The fraction of sp³-hybridized carbons (Fsp3) is 0.333. The Hall–Kier alpha value is -0.680. The van der Waals surface area contributed by atoms with E-state index >= 15 is 0 Å². The van der Waals surface area contributed by atoms with Crippen LogP contribution in [-0.4, -0.2) is 16.9 Å². The average molecular weight is 130 g/mol. The molecule has 0 unspecified atom stereocenters. The van der Waals surface area contributed by atoms with Crippen LogP contribution in [0, 0.1) is 0 Å². The summed E-state index contributed by atoms with van der Waals surface area (Å²) in [5.41, 5.74) is 6.80. The summed E-state index contributed by atoms with van der Waals surface area (Å²) >= 11 is 1.43. The number of hydrogen-bond donors (Lipinski definition) is 2. The molecule has 0 aliphatic heterocycles. The van der Waals surface area contributed by atoms with Gasteiger partial charge >= 0.3 is 0 Å². The molecule has 1 heterocycles. The van der Waals surface area contributed by atoms with Crippen LogP contribution in [0.1, 0.15) is 0 Å². The molecule has 0 aromatic carbocycles. The van der Waals surface area contributed by atoms with E-state index in [4.69, 9.17) is 5.73 Å². The van der Waals surface area contributed by atoms with Gasteiger partial charge in [0.25, 0.3) is 0 Å². The zero-order valence-electron chi connectivity index (χ0n) is 4.16. The number of hydrogen-bond acceptors (Lipinski definition) is 5. The van der Waals surface area contributed by atoms with Crippen molar-refractivity contribution in [3.05, 3.63) is 5.51 Å². The van der Waals surface area contributed by atoms with Crippen molar-refractivity contribution < 1.29 is 0 Å². The number of rotatable bonds is 2. The minimum atomic E-state index is 0.412. The molecule has 0 spiro atoms. The summed E-state index contributed by atoms with van der Waals surface area (Å²) in [6.45, 7) is 0.412. The second kappa shape index (κ2) is 2.58. The molecule has 0 aliphatic carbocycles. The van der Waals surface area contributed by atoms with E-state index in [0.29, 0.717) is 6.67 Å². The highest BCUT2D eigenvalue weighted by Gasteiger charge is 1.88. The Morgan fingerprint density at radius 2 is 2.75 bits per heavy atom. The number of aromatic nitrogens is 2. The lowest BCUT2D eigenvalue weighted by atomic mass is 11.0. The Labute approximate surface area is 50.7 Å². The highest BCUT2D eigenvalue weighted by atomic mass is 32.1. The van der Waals surface area contributed by atoms with E-state index < -0.39 is 0 Å². The average Bonchev–Trinajstić information content (AvgIpc) is 2.19. The molecule has 0 bridgehead atoms. The molecule has 0 amide bonds. The maximum Gasteiger partial charge on any atom is 0.206 e. The Kier molecular flexibility index (Phi) is 1.76. The molecular formula is C3H6N4S. The van der Waals surface area contributed by atoms with E-state index in [2.05, 4.69) is 15.5 Å². The summed E-state index contributed by atoms with van der Waals surface area (Å²) in [4.78, 5) is 0. The van der Waals surface area contributed by atoms with Gasteiger partial charge in [0.15, 0.2) is 0 Å². The van der Waals surface area contributed by atoms with Gasteiger partial charge in [0.05, 0.1) is 6.67 Å². The SMILES string of the molecule is NCNc1nncs1. The highest BCUT2D eigenvalue weighted by molar-refractivity contribution is 7.13. The van der Waals surface area contributed by atoms with E-state index in [1.54, 1.807) is 5.51 Å². The molecule has 1 aromatic heterocycles. The quantitative estimate of drug-likeness (QED) is 0.547. The molecule has 0 fully saturated rings. The van der Waals surface area contributed by atoms with Gasteiger partial charge in [-0.15, -0.1) is 10.2 Å². The minimum absolute atomic E-state index is 0.412. The van der Waals surface area contributed by atoms with Gasteiger partial charge in [-0.25, -0.2) is 0 Å². The number of anilines is 1. The zero-order chi connectivity index (χ0) is 5.82. The molecule has 0 saturated heterocycles. The lowest BCUT2D eigenvalue weighted by molar-refractivity contribution is 1.05. The third-order valence-corrected chi connectivity index (χ3v) is 1.26. The molecule has 1 rings (SSSR count). The van der Waals surface area contributed by atoms with E-state index in [1.165, 1.54) is 11.3 Å². The summed E-state index contributed by atoms with van der Waals surface area (Å²) < 4.78 is 0. The second-order valence-electron chi connectivity index (χ2n) is 1.12. The molecule has 8 heavy (non-hydrogen) atoms. The van der Waals surface area contributed by atoms with Crippen molar-refractivity contribution in [3.63, 3.8) is 0 Å². The lowest BCUT2D eigenvalue weighted by Gasteiger charge is -1.90. The second-order valence-corrected chi connectivity index (χ2v) is 1.96. The Bertz CT molecular complexity index is 137. The summed E-state index contributed by atoms with van der Waals surface area (Å²) in [5.74, 6) is 0. The van der Waals surface area contributed by atoms with Crippen LogP contribution in [0.2, 0.25) is 0 Å². The molecule has 1 aromatic rings. The fourth-order valence-corrected chi connectivity index (χ4v) is 0.792. The summed E-state index contributed by atoms with van der Waals surface area (Å²) in [6.07, 6.45) is 0. The summed E-state index contributed by atoms with van der Waals surface area (Å²) in [7, 11) is 0. The largest absolute Gasteiger partial charge is 0.348 e. The number of nitrogens with one attached hydrogen (secondary N) is 1. The van der Waals surface area contributed by atoms with Crippen molar-refractivity contribution in [2.24, 2.45) is 5.73 Å². The molecule has 44 valence electrons. The van der Waals surface area contributed by atoms with Crippen LogP contribution in [0.5, 0.6) is 0 Å². The van der Waals surface area contributed by atoms with Crippen LogP contribution in [-0.2, 0) is 0 Å². The van der Waals surface area contributed by atoms with E-state index in [-0.39, 0.29) is 0 Å².